The van der Waals surface area contributed by atoms with Crippen molar-refractivity contribution in [1.82, 2.24) is 5.32 Å². The summed E-state index contributed by atoms with van der Waals surface area (Å²) in [5.74, 6) is 1.50. The molecule has 0 aromatic heterocycles. The highest BCUT2D eigenvalue weighted by Crippen LogP contribution is 2.34. The number of aliphatic hydroxyl groups excluding tert-OH is 1. The zero-order chi connectivity index (χ0) is 13.4. The average molecular weight is 271 g/mol. The van der Waals surface area contributed by atoms with Crippen LogP contribution in [0.5, 0.6) is 11.5 Å². The Balaban J connectivity index is 2.81. The van der Waals surface area contributed by atoms with E-state index in [1.165, 1.54) is 10.5 Å². The van der Waals surface area contributed by atoms with Gasteiger partial charge in [0.05, 0.1) is 14.2 Å². The third kappa shape index (κ3) is 4.08. The molecular formula is C13H21NO3S. The average Bonchev–Trinajstić information content (AvgIpc) is 2.42. The molecule has 0 atom stereocenters. The van der Waals surface area contributed by atoms with Gasteiger partial charge in [0.2, 0.25) is 0 Å². The molecule has 0 amide bonds. The third-order valence-corrected chi connectivity index (χ3v) is 3.43. The number of benzene rings is 1. The molecule has 18 heavy (non-hydrogen) atoms. The lowest BCUT2D eigenvalue weighted by Gasteiger charge is -2.14. The second kappa shape index (κ2) is 8.24. The van der Waals surface area contributed by atoms with Gasteiger partial charge in [0.1, 0.15) is 0 Å². The summed E-state index contributed by atoms with van der Waals surface area (Å²) in [6, 6.07) is 3.99. The summed E-state index contributed by atoms with van der Waals surface area (Å²) in [4.78, 5) is 1.17. The molecule has 0 fully saturated rings. The van der Waals surface area contributed by atoms with E-state index in [4.69, 9.17) is 14.6 Å². The van der Waals surface area contributed by atoms with Crippen molar-refractivity contribution in [2.24, 2.45) is 0 Å². The van der Waals surface area contributed by atoms with Crippen molar-refractivity contribution >= 4 is 11.8 Å². The molecule has 0 aliphatic heterocycles. The molecule has 0 saturated carbocycles. The molecule has 4 nitrogen and oxygen atoms in total. The predicted octanol–water partition coefficient (Wildman–Crippen LogP) is 1.90. The quantitative estimate of drug-likeness (QED) is 0.558. The van der Waals surface area contributed by atoms with Crippen LogP contribution < -0.4 is 14.8 Å². The van der Waals surface area contributed by atoms with E-state index in [1.54, 1.807) is 26.0 Å². The minimum Gasteiger partial charge on any atom is -0.493 e. The molecule has 0 aliphatic rings. The lowest BCUT2D eigenvalue weighted by Crippen LogP contribution is -2.16. The summed E-state index contributed by atoms with van der Waals surface area (Å²) in [6.45, 7) is 1.78. The Kier molecular flexibility index (Phi) is 6.93. The summed E-state index contributed by atoms with van der Waals surface area (Å²) in [6.07, 6.45) is 2.81. The van der Waals surface area contributed by atoms with Crippen LogP contribution in [0.3, 0.4) is 0 Å². The molecule has 5 heteroatoms. The van der Waals surface area contributed by atoms with Crippen LogP contribution in [0.15, 0.2) is 17.0 Å². The Morgan fingerprint density at radius 3 is 2.44 bits per heavy atom. The zero-order valence-corrected chi connectivity index (χ0v) is 12.0. The first-order chi connectivity index (χ1) is 8.76. The molecule has 102 valence electrons. The maximum absolute atomic E-state index is 8.73. The van der Waals surface area contributed by atoms with Crippen LogP contribution in [0, 0.1) is 0 Å². The van der Waals surface area contributed by atoms with Gasteiger partial charge in [0, 0.05) is 18.0 Å². The van der Waals surface area contributed by atoms with Gasteiger partial charge in [-0.25, -0.2) is 0 Å². The Labute approximate surface area is 113 Å². The van der Waals surface area contributed by atoms with E-state index >= 15 is 0 Å². The van der Waals surface area contributed by atoms with Crippen LogP contribution in [0.1, 0.15) is 12.0 Å². The number of nitrogens with one attached hydrogen (secondary N) is 1. The maximum Gasteiger partial charge on any atom is 0.161 e. The molecule has 0 aliphatic carbocycles. The van der Waals surface area contributed by atoms with Gasteiger partial charge in [-0.15, -0.1) is 11.8 Å². The lowest BCUT2D eigenvalue weighted by molar-refractivity contribution is 0.286. The molecule has 1 aromatic rings. The molecule has 0 saturated heterocycles. The SMILES string of the molecule is COc1cc(CNCCCO)c(SC)cc1OC. The number of rotatable bonds is 8. The molecular weight excluding hydrogens is 250 g/mol. The summed E-state index contributed by atoms with van der Waals surface area (Å²) in [5, 5.41) is 12.0. The summed E-state index contributed by atoms with van der Waals surface area (Å²) in [5.41, 5.74) is 1.18. The van der Waals surface area contributed by atoms with Gasteiger partial charge in [0.15, 0.2) is 11.5 Å². The van der Waals surface area contributed by atoms with E-state index in [0.29, 0.717) is 0 Å². The fourth-order valence-electron chi connectivity index (χ4n) is 1.66. The van der Waals surface area contributed by atoms with Crippen molar-refractivity contribution in [3.8, 4) is 11.5 Å². The topological polar surface area (TPSA) is 50.7 Å². The van der Waals surface area contributed by atoms with E-state index in [0.717, 1.165) is 31.0 Å². The Morgan fingerprint density at radius 2 is 1.89 bits per heavy atom. The van der Waals surface area contributed by atoms with E-state index in [2.05, 4.69) is 5.32 Å². The number of hydrogen-bond acceptors (Lipinski definition) is 5. The van der Waals surface area contributed by atoms with Crippen molar-refractivity contribution in [2.45, 2.75) is 17.9 Å². The molecule has 1 rings (SSSR count). The van der Waals surface area contributed by atoms with Crippen LogP contribution >= 0.6 is 11.8 Å². The number of hydrogen-bond donors (Lipinski definition) is 2. The van der Waals surface area contributed by atoms with Gasteiger partial charge in [-0.1, -0.05) is 0 Å². The number of thioether (sulfide) groups is 1. The van der Waals surface area contributed by atoms with Crippen molar-refractivity contribution in [2.75, 3.05) is 33.6 Å². The highest BCUT2D eigenvalue weighted by Gasteiger charge is 2.10. The maximum atomic E-state index is 8.73. The predicted molar refractivity (Wildman–Crippen MR) is 74.7 cm³/mol. The second-order valence-corrected chi connectivity index (χ2v) is 4.62. The van der Waals surface area contributed by atoms with Crippen LogP contribution in [0.2, 0.25) is 0 Å². The van der Waals surface area contributed by atoms with Gasteiger partial charge in [-0.3, -0.25) is 0 Å². The smallest absolute Gasteiger partial charge is 0.161 e. The third-order valence-electron chi connectivity index (χ3n) is 2.61. The highest BCUT2D eigenvalue weighted by atomic mass is 32.2. The number of aliphatic hydroxyl groups is 1. The van der Waals surface area contributed by atoms with E-state index < -0.39 is 0 Å². The van der Waals surface area contributed by atoms with Crippen molar-refractivity contribution in [3.05, 3.63) is 17.7 Å². The summed E-state index contributed by atoms with van der Waals surface area (Å²) >= 11 is 1.68. The van der Waals surface area contributed by atoms with Gasteiger partial charge in [-0.2, -0.15) is 0 Å². The summed E-state index contributed by atoms with van der Waals surface area (Å²) < 4.78 is 10.6. The molecule has 0 spiro atoms. The second-order valence-electron chi connectivity index (χ2n) is 3.77. The normalized spacial score (nSPS) is 10.4. The van der Waals surface area contributed by atoms with Gasteiger partial charge < -0.3 is 19.9 Å². The fourth-order valence-corrected chi connectivity index (χ4v) is 2.28. The van der Waals surface area contributed by atoms with Gasteiger partial charge >= 0.3 is 0 Å². The van der Waals surface area contributed by atoms with Crippen LogP contribution in [-0.2, 0) is 6.54 Å². The molecule has 0 heterocycles. The molecule has 2 N–H and O–H groups in total. The first kappa shape index (κ1) is 15.1. The Hall–Kier alpha value is -0.910. The van der Waals surface area contributed by atoms with Crippen molar-refractivity contribution in [3.63, 3.8) is 0 Å². The van der Waals surface area contributed by atoms with Gasteiger partial charge in [0.25, 0.3) is 0 Å². The Morgan fingerprint density at radius 1 is 1.22 bits per heavy atom. The monoisotopic (exact) mass is 271 g/mol. The van der Waals surface area contributed by atoms with Crippen LogP contribution in [0.4, 0.5) is 0 Å². The lowest BCUT2D eigenvalue weighted by atomic mass is 10.2. The minimum absolute atomic E-state index is 0.217. The molecule has 0 radical (unpaired) electrons. The highest BCUT2D eigenvalue weighted by molar-refractivity contribution is 7.98. The summed E-state index contributed by atoms with van der Waals surface area (Å²) in [7, 11) is 3.28. The molecule has 1 aromatic carbocycles. The van der Waals surface area contributed by atoms with Crippen LogP contribution in [0.25, 0.3) is 0 Å². The standard InChI is InChI=1S/C13H21NO3S/c1-16-11-7-10(9-14-5-4-6-15)13(18-3)8-12(11)17-2/h7-8,14-15H,4-6,9H2,1-3H3. The van der Waals surface area contributed by atoms with Crippen molar-refractivity contribution in [1.29, 1.82) is 0 Å². The largest absolute Gasteiger partial charge is 0.493 e. The minimum atomic E-state index is 0.217. The van der Waals surface area contributed by atoms with E-state index in [-0.39, 0.29) is 6.61 Å². The number of ether oxygens (including phenoxy) is 2. The van der Waals surface area contributed by atoms with E-state index in [9.17, 15) is 0 Å². The van der Waals surface area contributed by atoms with Gasteiger partial charge in [-0.05, 0) is 36.9 Å². The molecule has 0 bridgehead atoms. The van der Waals surface area contributed by atoms with E-state index in [1.807, 2.05) is 18.4 Å². The first-order valence-electron chi connectivity index (χ1n) is 5.87. The fraction of sp³-hybridized carbons (Fsp3) is 0.538. The zero-order valence-electron chi connectivity index (χ0n) is 11.2. The Bertz CT molecular complexity index is 371. The molecule has 0 unspecified atom stereocenters. The van der Waals surface area contributed by atoms with Crippen LogP contribution in [-0.4, -0.2) is 38.7 Å². The van der Waals surface area contributed by atoms with Crippen molar-refractivity contribution < 1.29 is 14.6 Å². The first-order valence-corrected chi connectivity index (χ1v) is 7.09. The number of methoxy groups -OCH3 is 2.